The number of aromatic nitrogens is 2. The maximum atomic E-state index is 12.9. The number of H-pyrrole nitrogens is 1. The van der Waals surface area contributed by atoms with Crippen molar-refractivity contribution in [1.82, 2.24) is 24.7 Å². The van der Waals surface area contributed by atoms with Crippen LogP contribution in [0.25, 0.3) is 0 Å². The van der Waals surface area contributed by atoms with Crippen LogP contribution in [0, 0.1) is 5.92 Å². The monoisotopic (exact) mass is 403 g/mol. The molecule has 0 saturated carbocycles. The zero-order valence-corrected chi connectivity index (χ0v) is 16.7. The summed E-state index contributed by atoms with van der Waals surface area (Å²) in [5, 5.41) is 0. The maximum absolute atomic E-state index is 12.9. The molecule has 1 atom stereocenters. The smallest absolute Gasteiger partial charge is 0.273 e. The lowest BCUT2D eigenvalue weighted by atomic mass is 9.92. The Bertz CT molecular complexity index is 763. The van der Waals surface area contributed by atoms with Crippen molar-refractivity contribution >= 4 is 11.8 Å². The van der Waals surface area contributed by atoms with E-state index in [0.29, 0.717) is 45.4 Å². The highest BCUT2D eigenvalue weighted by Crippen LogP contribution is 2.25. The number of amides is 2. The normalized spacial score (nSPS) is 24.5. The molecule has 3 aliphatic heterocycles. The number of piperidine rings is 2. The summed E-state index contributed by atoms with van der Waals surface area (Å²) in [5.41, 5.74) is -0.0382. The summed E-state index contributed by atoms with van der Waals surface area (Å²) < 4.78 is 5.36. The predicted octanol–water partition coefficient (Wildman–Crippen LogP) is -0.0547. The Morgan fingerprint density at radius 3 is 2.48 bits per heavy atom. The number of carbonyl (C=O) groups is 2. The summed E-state index contributed by atoms with van der Waals surface area (Å²) in [6.07, 6.45) is 6.31. The Morgan fingerprint density at radius 2 is 1.79 bits per heavy atom. The van der Waals surface area contributed by atoms with Gasteiger partial charge >= 0.3 is 0 Å². The third-order valence-corrected chi connectivity index (χ3v) is 6.28. The van der Waals surface area contributed by atoms with Crippen molar-refractivity contribution in [2.75, 3.05) is 52.5 Å². The van der Waals surface area contributed by atoms with E-state index in [2.05, 4.69) is 14.9 Å². The van der Waals surface area contributed by atoms with Crippen molar-refractivity contribution < 1.29 is 14.3 Å². The molecule has 3 aliphatic rings. The first-order valence-corrected chi connectivity index (χ1v) is 10.6. The lowest BCUT2D eigenvalue weighted by molar-refractivity contribution is -0.141. The summed E-state index contributed by atoms with van der Waals surface area (Å²) in [6, 6.07) is 0.405. The number of aromatic amines is 1. The molecule has 0 aliphatic carbocycles. The highest BCUT2D eigenvalue weighted by atomic mass is 16.5. The molecular weight excluding hydrogens is 374 g/mol. The summed E-state index contributed by atoms with van der Waals surface area (Å²) in [5.74, 6) is 0.209. The van der Waals surface area contributed by atoms with Gasteiger partial charge in [0.15, 0.2) is 0 Å². The van der Waals surface area contributed by atoms with E-state index in [0.717, 1.165) is 45.0 Å². The SMILES string of the molecule is O=C(c1c[nH]c(=O)cn1)N1CCC(N2CCC[C@@H](C(=O)N3CCOCC3)C2)CC1. The molecule has 1 aromatic rings. The number of rotatable bonds is 3. The van der Waals surface area contributed by atoms with E-state index in [1.807, 2.05) is 4.90 Å². The van der Waals surface area contributed by atoms with Crippen molar-refractivity contribution in [3.63, 3.8) is 0 Å². The van der Waals surface area contributed by atoms with Crippen molar-refractivity contribution in [3.8, 4) is 0 Å². The first-order chi connectivity index (χ1) is 14.1. The molecule has 0 radical (unpaired) electrons. The molecule has 4 heterocycles. The molecule has 0 spiro atoms. The average Bonchev–Trinajstić information content (AvgIpc) is 2.79. The van der Waals surface area contributed by atoms with Gasteiger partial charge in [-0.15, -0.1) is 0 Å². The highest BCUT2D eigenvalue weighted by molar-refractivity contribution is 5.92. The van der Waals surface area contributed by atoms with Gasteiger partial charge in [-0.3, -0.25) is 19.3 Å². The summed E-state index contributed by atoms with van der Waals surface area (Å²) in [7, 11) is 0. The fourth-order valence-electron chi connectivity index (χ4n) is 4.64. The van der Waals surface area contributed by atoms with Crippen LogP contribution in [0.4, 0.5) is 0 Å². The van der Waals surface area contributed by atoms with Crippen LogP contribution < -0.4 is 5.56 Å². The summed E-state index contributed by atoms with van der Waals surface area (Å²) >= 11 is 0. The van der Waals surface area contributed by atoms with Crippen molar-refractivity contribution in [3.05, 3.63) is 28.4 Å². The predicted molar refractivity (Wildman–Crippen MR) is 105 cm³/mol. The van der Waals surface area contributed by atoms with Gasteiger partial charge in [-0.25, -0.2) is 4.98 Å². The first-order valence-electron chi connectivity index (χ1n) is 10.6. The van der Waals surface area contributed by atoms with Crippen LogP contribution in [0.1, 0.15) is 36.2 Å². The van der Waals surface area contributed by atoms with Crippen LogP contribution in [0.5, 0.6) is 0 Å². The Kier molecular flexibility index (Phi) is 6.25. The van der Waals surface area contributed by atoms with Gasteiger partial charge in [0, 0.05) is 45.0 Å². The first kappa shape index (κ1) is 20.0. The molecule has 0 unspecified atom stereocenters. The van der Waals surface area contributed by atoms with Gasteiger partial charge in [0.1, 0.15) is 5.69 Å². The molecular formula is C20H29N5O4. The average molecular weight is 403 g/mol. The zero-order valence-electron chi connectivity index (χ0n) is 16.7. The maximum Gasteiger partial charge on any atom is 0.273 e. The minimum absolute atomic E-state index is 0.0758. The van der Waals surface area contributed by atoms with E-state index < -0.39 is 0 Å². The second-order valence-corrected chi connectivity index (χ2v) is 8.09. The molecule has 1 N–H and O–H groups in total. The highest BCUT2D eigenvalue weighted by Gasteiger charge is 2.34. The quantitative estimate of drug-likeness (QED) is 0.760. The van der Waals surface area contributed by atoms with Crippen LogP contribution in [0.15, 0.2) is 17.2 Å². The number of carbonyl (C=O) groups excluding carboxylic acids is 2. The molecule has 3 fully saturated rings. The van der Waals surface area contributed by atoms with Gasteiger partial charge in [0.2, 0.25) is 5.91 Å². The molecule has 1 aromatic heterocycles. The second-order valence-electron chi connectivity index (χ2n) is 8.09. The number of nitrogens with one attached hydrogen (secondary N) is 1. The number of hydrogen-bond donors (Lipinski definition) is 1. The lowest BCUT2D eigenvalue weighted by Crippen LogP contribution is -2.53. The molecule has 0 bridgehead atoms. The summed E-state index contributed by atoms with van der Waals surface area (Å²) in [4.78, 5) is 49.2. The minimum atomic E-state index is -0.313. The largest absolute Gasteiger partial charge is 0.378 e. The third-order valence-electron chi connectivity index (χ3n) is 6.28. The Balaban J connectivity index is 1.30. The molecule has 29 heavy (non-hydrogen) atoms. The van der Waals surface area contributed by atoms with E-state index in [-0.39, 0.29) is 29.0 Å². The number of morpholine rings is 1. The molecule has 2 amide bonds. The van der Waals surface area contributed by atoms with Crippen LogP contribution in [-0.2, 0) is 9.53 Å². The fraction of sp³-hybridized carbons (Fsp3) is 0.700. The van der Waals surface area contributed by atoms with E-state index in [1.54, 1.807) is 4.90 Å². The standard InChI is InChI=1S/C20H29N5O4/c26-18-13-21-17(12-22-18)20(28)23-6-3-16(4-7-23)25-5-1-2-15(14-25)19(27)24-8-10-29-11-9-24/h12-13,15-16H,1-11,14H2,(H,22,26)/t15-/m1/s1. The number of ether oxygens (including phenoxy) is 1. The molecule has 0 aromatic carbocycles. The van der Waals surface area contributed by atoms with E-state index in [9.17, 15) is 14.4 Å². The second kappa shape index (κ2) is 9.04. The van der Waals surface area contributed by atoms with Gasteiger partial charge in [0.05, 0.1) is 25.3 Å². The van der Waals surface area contributed by atoms with Crippen LogP contribution >= 0.6 is 0 Å². The molecule has 9 nitrogen and oxygen atoms in total. The Morgan fingerprint density at radius 1 is 1.03 bits per heavy atom. The molecule has 158 valence electrons. The van der Waals surface area contributed by atoms with Gasteiger partial charge in [-0.1, -0.05) is 0 Å². The minimum Gasteiger partial charge on any atom is -0.378 e. The van der Waals surface area contributed by atoms with E-state index in [1.165, 1.54) is 6.20 Å². The van der Waals surface area contributed by atoms with Crippen molar-refractivity contribution in [2.24, 2.45) is 5.92 Å². The molecule has 9 heteroatoms. The zero-order chi connectivity index (χ0) is 20.2. The van der Waals surface area contributed by atoms with Crippen molar-refractivity contribution in [2.45, 2.75) is 31.7 Å². The van der Waals surface area contributed by atoms with Crippen LogP contribution in [0.3, 0.4) is 0 Å². The van der Waals surface area contributed by atoms with Gasteiger partial charge in [0.25, 0.3) is 11.5 Å². The number of hydrogen-bond acceptors (Lipinski definition) is 6. The van der Waals surface area contributed by atoms with Gasteiger partial charge in [-0.2, -0.15) is 0 Å². The number of likely N-dealkylation sites (tertiary alicyclic amines) is 2. The number of nitrogens with zero attached hydrogens (tertiary/aromatic N) is 4. The Hall–Kier alpha value is -2.26. The van der Waals surface area contributed by atoms with E-state index >= 15 is 0 Å². The van der Waals surface area contributed by atoms with Gasteiger partial charge in [-0.05, 0) is 32.2 Å². The molecule has 4 rings (SSSR count). The van der Waals surface area contributed by atoms with E-state index in [4.69, 9.17) is 4.74 Å². The van der Waals surface area contributed by atoms with Crippen LogP contribution in [-0.4, -0.2) is 95.0 Å². The molecule has 3 saturated heterocycles. The van der Waals surface area contributed by atoms with Crippen LogP contribution in [0.2, 0.25) is 0 Å². The van der Waals surface area contributed by atoms with Crippen molar-refractivity contribution in [1.29, 1.82) is 0 Å². The third kappa shape index (κ3) is 4.67. The lowest BCUT2D eigenvalue weighted by Gasteiger charge is -2.43. The fourth-order valence-corrected chi connectivity index (χ4v) is 4.64. The van der Waals surface area contributed by atoms with Gasteiger partial charge < -0.3 is 19.5 Å². The topological polar surface area (TPSA) is 98.8 Å². The Labute approximate surface area is 170 Å². The summed E-state index contributed by atoms with van der Waals surface area (Å²) in [6.45, 7) is 5.86.